The van der Waals surface area contributed by atoms with Crippen molar-refractivity contribution in [1.29, 1.82) is 0 Å². The Labute approximate surface area is 209 Å². The van der Waals surface area contributed by atoms with Gasteiger partial charge in [-0.25, -0.2) is 0 Å². The summed E-state index contributed by atoms with van der Waals surface area (Å²) < 4.78 is 12.9. The second-order valence-corrected chi connectivity index (χ2v) is 9.44. The van der Waals surface area contributed by atoms with Crippen LogP contribution in [-0.4, -0.2) is 10.9 Å². The summed E-state index contributed by atoms with van der Waals surface area (Å²) in [5.41, 5.74) is 2.68. The van der Waals surface area contributed by atoms with E-state index in [0.29, 0.717) is 55.8 Å². The van der Waals surface area contributed by atoms with Crippen molar-refractivity contribution < 1.29 is 19.1 Å². The Balaban J connectivity index is 1.67. The Morgan fingerprint density at radius 1 is 1.06 bits per heavy atom. The molecule has 0 aliphatic carbocycles. The molecular formula is C27H22Br2O4. The van der Waals surface area contributed by atoms with Crippen molar-refractivity contribution in [3.63, 3.8) is 0 Å². The second-order valence-electron chi connectivity index (χ2n) is 7.73. The molecule has 1 N–H and O–H groups in total. The fourth-order valence-corrected chi connectivity index (χ4v) is 4.90. The number of hydrogen-bond donors (Lipinski definition) is 1. The van der Waals surface area contributed by atoms with Crippen LogP contribution < -0.4 is 4.74 Å². The number of furan rings is 1. The predicted octanol–water partition coefficient (Wildman–Crippen LogP) is 7.98. The molecule has 0 atom stereocenters. The number of hydrogen-bond acceptors (Lipinski definition) is 4. The van der Waals surface area contributed by atoms with Gasteiger partial charge in [-0.05, 0) is 68.1 Å². The second kappa shape index (κ2) is 9.98. The van der Waals surface area contributed by atoms with Gasteiger partial charge in [0.05, 0.1) is 14.5 Å². The van der Waals surface area contributed by atoms with E-state index in [1.54, 1.807) is 18.2 Å². The third kappa shape index (κ3) is 5.07. The Morgan fingerprint density at radius 2 is 1.76 bits per heavy atom. The number of aromatic hydroxyl groups is 1. The van der Waals surface area contributed by atoms with E-state index < -0.39 is 0 Å². The smallest absolute Gasteiger partial charge is 0.197 e. The number of rotatable bonds is 8. The SMILES string of the molecule is C=C(Cc1ccccc1)Oc1ccc2c(C(=O)c3cc(Br)c(O)c(Br)c3)c(CCC)oc2c1. The summed E-state index contributed by atoms with van der Waals surface area (Å²) in [6.07, 6.45) is 2.07. The summed E-state index contributed by atoms with van der Waals surface area (Å²) in [6, 6.07) is 18.7. The first-order chi connectivity index (χ1) is 15.9. The molecule has 0 aliphatic heterocycles. The van der Waals surface area contributed by atoms with Gasteiger partial charge in [0.15, 0.2) is 5.78 Å². The molecule has 0 unspecified atom stereocenters. The van der Waals surface area contributed by atoms with Crippen LogP contribution in [0.15, 0.2) is 86.4 Å². The normalized spacial score (nSPS) is 11.0. The fourth-order valence-electron chi connectivity index (χ4n) is 3.71. The Kier molecular flexibility index (Phi) is 7.05. The van der Waals surface area contributed by atoms with E-state index in [2.05, 4.69) is 38.4 Å². The fraction of sp³-hybridized carbons (Fsp3) is 0.148. The molecule has 3 aromatic carbocycles. The highest BCUT2D eigenvalue weighted by molar-refractivity contribution is 9.11. The van der Waals surface area contributed by atoms with Crippen LogP contribution in [-0.2, 0) is 12.8 Å². The summed E-state index contributed by atoms with van der Waals surface area (Å²) in [4.78, 5) is 13.5. The Bertz CT molecular complexity index is 1320. The number of allylic oxidation sites excluding steroid dienone is 1. The lowest BCUT2D eigenvalue weighted by molar-refractivity contribution is 0.103. The zero-order chi connectivity index (χ0) is 23.5. The molecule has 1 aromatic heterocycles. The third-order valence-corrected chi connectivity index (χ3v) is 6.43. The van der Waals surface area contributed by atoms with Crippen LogP contribution in [0.2, 0.25) is 0 Å². The van der Waals surface area contributed by atoms with Crippen LogP contribution >= 0.6 is 31.9 Å². The first-order valence-electron chi connectivity index (χ1n) is 10.5. The van der Waals surface area contributed by atoms with Gasteiger partial charge >= 0.3 is 0 Å². The monoisotopic (exact) mass is 568 g/mol. The van der Waals surface area contributed by atoms with Gasteiger partial charge in [0.25, 0.3) is 0 Å². The van der Waals surface area contributed by atoms with E-state index in [-0.39, 0.29) is 11.5 Å². The molecule has 6 heteroatoms. The van der Waals surface area contributed by atoms with E-state index in [1.807, 2.05) is 49.4 Å². The molecule has 4 aromatic rings. The van der Waals surface area contributed by atoms with Crippen molar-refractivity contribution in [1.82, 2.24) is 0 Å². The predicted molar refractivity (Wildman–Crippen MR) is 137 cm³/mol. The van der Waals surface area contributed by atoms with Crippen molar-refractivity contribution in [2.45, 2.75) is 26.2 Å². The van der Waals surface area contributed by atoms with Crippen molar-refractivity contribution in [2.75, 3.05) is 0 Å². The number of phenols is 1. The number of carbonyl (C=O) groups is 1. The number of ether oxygens (including phenoxy) is 1. The minimum Gasteiger partial charge on any atom is -0.506 e. The Morgan fingerprint density at radius 3 is 2.42 bits per heavy atom. The summed E-state index contributed by atoms with van der Waals surface area (Å²) in [6.45, 7) is 6.07. The van der Waals surface area contributed by atoms with Gasteiger partial charge in [0, 0.05) is 29.9 Å². The first kappa shape index (κ1) is 23.3. The molecular weight excluding hydrogens is 548 g/mol. The molecule has 0 fully saturated rings. The van der Waals surface area contributed by atoms with Crippen LogP contribution in [0.1, 0.15) is 40.6 Å². The van der Waals surface area contributed by atoms with E-state index >= 15 is 0 Å². The lowest BCUT2D eigenvalue weighted by Gasteiger charge is -2.09. The van der Waals surface area contributed by atoms with Crippen LogP contribution in [0.4, 0.5) is 0 Å². The number of aryl methyl sites for hydroxylation is 1. The summed E-state index contributed by atoms with van der Waals surface area (Å²) in [7, 11) is 0. The molecule has 0 spiro atoms. The molecule has 4 nitrogen and oxygen atoms in total. The van der Waals surface area contributed by atoms with Gasteiger partial charge in [-0.1, -0.05) is 43.8 Å². The number of ketones is 1. The topological polar surface area (TPSA) is 59.7 Å². The molecule has 33 heavy (non-hydrogen) atoms. The van der Waals surface area contributed by atoms with Gasteiger partial charge in [-0.2, -0.15) is 0 Å². The molecule has 168 valence electrons. The summed E-state index contributed by atoms with van der Waals surface area (Å²) in [5, 5.41) is 10.7. The maximum Gasteiger partial charge on any atom is 0.197 e. The van der Waals surface area contributed by atoms with Crippen LogP contribution in [0.3, 0.4) is 0 Å². The molecule has 0 saturated heterocycles. The standard InChI is InChI=1S/C27H22Br2O4/c1-3-7-23-25(26(30)18-13-21(28)27(31)22(29)14-18)20-11-10-19(15-24(20)33-23)32-16(2)12-17-8-5-4-6-9-17/h4-6,8-11,13-15,31H,2-3,7,12H2,1H3. The van der Waals surface area contributed by atoms with Crippen LogP contribution in [0.25, 0.3) is 11.0 Å². The maximum atomic E-state index is 13.5. The number of phenolic OH excluding ortho intramolecular Hbond substituents is 1. The highest BCUT2D eigenvalue weighted by Gasteiger charge is 2.23. The van der Waals surface area contributed by atoms with Crippen LogP contribution in [0, 0.1) is 0 Å². The highest BCUT2D eigenvalue weighted by atomic mass is 79.9. The van der Waals surface area contributed by atoms with Gasteiger partial charge in [0.2, 0.25) is 0 Å². The highest BCUT2D eigenvalue weighted by Crippen LogP contribution is 2.36. The first-order valence-corrected chi connectivity index (χ1v) is 12.1. The Hall–Kier alpha value is -2.83. The van der Waals surface area contributed by atoms with Gasteiger partial charge in [-0.3, -0.25) is 4.79 Å². The van der Waals surface area contributed by atoms with Gasteiger partial charge in [-0.15, -0.1) is 0 Å². The average molecular weight is 570 g/mol. The van der Waals surface area contributed by atoms with Gasteiger partial charge in [0.1, 0.15) is 28.6 Å². The van der Waals surface area contributed by atoms with Crippen molar-refractivity contribution >= 4 is 48.6 Å². The lowest BCUT2D eigenvalue weighted by atomic mass is 9.98. The lowest BCUT2D eigenvalue weighted by Crippen LogP contribution is -2.04. The van der Waals surface area contributed by atoms with Gasteiger partial charge < -0.3 is 14.3 Å². The van der Waals surface area contributed by atoms with E-state index in [0.717, 1.165) is 17.4 Å². The molecule has 0 bridgehead atoms. The third-order valence-electron chi connectivity index (χ3n) is 5.22. The zero-order valence-electron chi connectivity index (χ0n) is 18.0. The minimum absolute atomic E-state index is 0.0508. The largest absolute Gasteiger partial charge is 0.506 e. The average Bonchev–Trinajstić information content (AvgIpc) is 3.14. The molecule has 0 amide bonds. The summed E-state index contributed by atoms with van der Waals surface area (Å²) in [5.74, 6) is 1.75. The summed E-state index contributed by atoms with van der Waals surface area (Å²) >= 11 is 6.61. The molecule has 0 radical (unpaired) electrons. The number of benzene rings is 3. The van der Waals surface area contributed by atoms with E-state index in [1.165, 1.54) is 0 Å². The molecule has 0 saturated carbocycles. The maximum absolute atomic E-state index is 13.5. The zero-order valence-corrected chi connectivity index (χ0v) is 21.2. The number of fused-ring (bicyclic) bond motifs is 1. The van der Waals surface area contributed by atoms with Crippen molar-refractivity contribution in [3.8, 4) is 11.5 Å². The molecule has 1 heterocycles. The van der Waals surface area contributed by atoms with Crippen molar-refractivity contribution in [3.05, 3.63) is 104 Å². The van der Waals surface area contributed by atoms with Crippen molar-refractivity contribution in [2.24, 2.45) is 0 Å². The van der Waals surface area contributed by atoms with E-state index in [4.69, 9.17) is 9.15 Å². The number of carbonyl (C=O) groups excluding carboxylic acids is 1. The molecule has 0 aliphatic rings. The number of halogens is 2. The quantitative estimate of drug-likeness (QED) is 0.172. The van der Waals surface area contributed by atoms with Crippen LogP contribution in [0.5, 0.6) is 11.5 Å². The molecule has 4 rings (SSSR count). The minimum atomic E-state index is -0.166. The van der Waals surface area contributed by atoms with E-state index in [9.17, 15) is 9.90 Å².